The molecule has 4 rings (SSSR count). The topological polar surface area (TPSA) is 70.2 Å². The van der Waals surface area contributed by atoms with Crippen LogP contribution < -0.4 is 0 Å². The molecule has 1 amide bonds. The predicted octanol–water partition coefficient (Wildman–Crippen LogP) is 0.800. The zero-order chi connectivity index (χ0) is 19.7. The number of hydrogen-bond donors (Lipinski definition) is 0. The maximum atomic E-state index is 12.8. The summed E-state index contributed by atoms with van der Waals surface area (Å²) in [4.78, 5) is 17.0. The van der Waals surface area contributed by atoms with Crippen LogP contribution in [0.2, 0.25) is 0 Å². The van der Waals surface area contributed by atoms with Gasteiger partial charge in [-0.15, -0.1) is 0 Å². The number of ether oxygens (including phenoxy) is 1. The number of carbonyl (C=O) groups excluding carboxylic acids is 1. The van der Waals surface area contributed by atoms with Gasteiger partial charge in [-0.1, -0.05) is 30.3 Å². The van der Waals surface area contributed by atoms with Crippen molar-refractivity contribution < 1.29 is 17.9 Å². The third-order valence-electron chi connectivity index (χ3n) is 6.29. The van der Waals surface area contributed by atoms with E-state index >= 15 is 0 Å². The number of nitrogens with zero attached hydrogens (tertiary/aromatic N) is 3. The van der Waals surface area contributed by atoms with E-state index < -0.39 is 10.0 Å². The summed E-state index contributed by atoms with van der Waals surface area (Å²) in [5.41, 5.74) is 1.02. The first kappa shape index (κ1) is 19.8. The van der Waals surface area contributed by atoms with Crippen LogP contribution >= 0.6 is 0 Å². The first-order valence-electron chi connectivity index (χ1n) is 10.0. The quantitative estimate of drug-likeness (QED) is 0.722. The van der Waals surface area contributed by atoms with Crippen molar-refractivity contribution in [3.8, 4) is 0 Å². The molecule has 28 heavy (non-hydrogen) atoms. The molecule has 0 aliphatic carbocycles. The van der Waals surface area contributed by atoms with Gasteiger partial charge in [0.15, 0.2) is 0 Å². The Morgan fingerprint density at radius 3 is 2.50 bits per heavy atom. The van der Waals surface area contributed by atoms with E-state index in [1.54, 1.807) is 4.31 Å². The molecule has 3 aliphatic heterocycles. The molecule has 154 valence electrons. The molecular formula is C20H29N3O4S. The van der Waals surface area contributed by atoms with Crippen LogP contribution in [0.1, 0.15) is 18.0 Å². The fourth-order valence-electron chi connectivity index (χ4n) is 4.85. The maximum absolute atomic E-state index is 12.8. The number of benzene rings is 1. The van der Waals surface area contributed by atoms with Crippen molar-refractivity contribution in [2.75, 3.05) is 58.7 Å². The zero-order valence-electron chi connectivity index (χ0n) is 16.4. The highest BCUT2D eigenvalue weighted by Gasteiger charge is 2.51. The number of amides is 1. The van der Waals surface area contributed by atoms with Crippen LogP contribution in [0, 0.1) is 11.8 Å². The van der Waals surface area contributed by atoms with Gasteiger partial charge in [-0.2, -0.15) is 4.31 Å². The molecule has 0 aromatic heterocycles. The molecule has 3 heterocycles. The number of sulfonamides is 1. The lowest BCUT2D eigenvalue weighted by Gasteiger charge is -2.29. The summed E-state index contributed by atoms with van der Waals surface area (Å²) in [6.45, 7) is 5.81. The van der Waals surface area contributed by atoms with Crippen molar-refractivity contribution in [3.05, 3.63) is 35.9 Å². The number of hydrogen-bond acceptors (Lipinski definition) is 5. The van der Waals surface area contributed by atoms with E-state index in [1.165, 1.54) is 6.26 Å². The van der Waals surface area contributed by atoms with E-state index in [2.05, 4.69) is 4.90 Å². The summed E-state index contributed by atoms with van der Waals surface area (Å²) in [6.07, 6.45) is 1.81. The molecule has 7 nitrogen and oxygen atoms in total. The summed E-state index contributed by atoms with van der Waals surface area (Å²) in [5.74, 6) is 0.537. The molecule has 0 unspecified atom stereocenters. The molecule has 3 atom stereocenters. The lowest BCUT2D eigenvalue weighted by molar-refractivity contribution is -0.131. The largest absolute Gasteiger partial charge is 0.379 e. The Kier molecular flexibility index (Phi) is 5.73. The van der Waals surface area contributed by atoms with Crippen LogP contribution in [0.3, 0.4) is 0 Å². The molecule has 8 heteroatoms. The van der Waals surface area contributed by atoms with Crippen molar-refractivity contribution in [2.24, 2.45) is 11.8 Å². The molecule has 0 saturated carbocycles. The van der Waals surface area contributed by atoms with Crippen LogP contribution in [0.25, 0.3) is 0 Å². The first-order chi connectivity index (χ1) is 13.4. The van der Waals surface area contributed by atoms with Gasteiger partial charge in [0.2, 0.25) is 15.9 Å². The minimum Gasteiger partial charge on any atom is -0.379 e. The van der Waals surface area contributed by atoms with Crippen LogP contribution in [-0.4, -0.2) is 87.2 Å². The highest BCUT2D eigenvalue weighted by Crippen LogP contribution is 2.46. The maximum Gasteiger partial charge on any atom is 0.223 e. The fraction of sp³-hybridized carbons (Fsp3) is 0.650. The van der Waals surface area contributed by atoms with Gasteiger partial charge in [-0.05, 0) is 11.5 Å². The number of carbonyl (C=O) groups is 1. The summed E-state index contributed by atoms with van der Waals surface area (Å²) in [6, 6.07) is 9.64. The Morgan fingerprint density at radius 1 is 1.11 bits per heavy atom. The minimum atomic E-state index is -3.29. The molecule has 3 fully saturated rings. The number of morpholine rings is 1. The molecule has 0 bridgehead atoms. The van der Waals surface area contributed by atoms with E-state index in [-0.39, 0.29) is 23.8 Å². The van der Waals surface area contributed by atoms with Crippen LogP contribution in [0.4, 0.5) is 0 Å². The van der Waals surface area contributed by atoms with Gasteiger partial charge >= 0.3 is 0 Å². The lowest BCUT2D eigenvalue weighted by Crippen LogP contribution is -2.40. The van der Waals surface area contributed by atoms with E-state index in [0.717, 1.165) is 38.4 Å². The highest BCUT2D eigenvalue weighted by molar-refractivity contribution is 7.88. The number of rotatable bonds is 5. The normalized spacial score (nSPS) is 29.2. The van der Waals surface area contributed by atoms with Gasteiger partial charge in [-0.3, -0.25) is 9.69 Å². The van der Waals surface area contributed by atoms with Crippen molar-refractivity contribution >= 4 is 15.9 Å². The van der Waals surface area contributed by atoms with Crippen molar-refractivity contribution in [1.82, 2.24) is 14.1 Å². The third kappa shape index (κ3) is 4.10. The Bertz CT molecular complexity index is 795. The minimum absolute atomic E-state index is 0.157. The summed E-state index contributed by atoms with van der Waals surface area (Å²) in [7, 11) is -3.29. The van der Waals surface area contributed by atoms with Gasteiger partial charge < -0.3 is 9.64 Å². The Morgan fingerprint density at radius 2 is 1.82 bits per heavy atom. The molecular weight excluding hydrogens is 378 g/mol. The Hall–Kier alpha value is -1.48. The molecule has 0 spiro atoms. The van der Waals surface area contributed by atoms with Gasteiger partial charge in [0, 0.05) is 51.6 Å². The number of likely N-dealkylation sites (tertiary alicyclic amines) is 1. The molecule has 0 N–H and O–H groups in total. The van der Waals surface area contributed by atoms with Crippen LogP contribution in [0.15, 0.2) is 30.3 Å². The van der Waals surface area contributed by atoms with Gasteiger partial charge in [0.1, 0.15) is 0 Å². The van der Waals surface area contributed by atoms with Crippen molar-refractivity contribution in [2.45, 2.75) is 12.5 Å². The average Bonchev–Trinajstić information content (AvgIpc) is 3.25. The van der Waals surface area contributed by atoms with E-state index in [0.29, 0.717) is 26.1 Å². The van der Waals surface area contributed by atoms with Gasteiger partial charge in [0.05, 0.1) is 25.5 Å². The number of fused-ring (bicyclic) bond motifs is 1. The average molecular weight is 408 g/mol. The van der Waals surface area contributed by atoms with Crippen LogP contribution in [0.5, 0.6) is 0 Å². The van der Waals surface area contributed by atoms with Gasteiger partial charge in [0.25, 0.3) is 0 Å². The molecule has 1 aromatic rings. The summed E-state index contributed by atoms with van der Waals surface area (Å²) in [5, 5.41) is 0. The smallest absolute Gasteiger partial charge is 0.223 e. The first-order valence-corrected chi connectivity index (χ1v) is 11.9. The summed E-state index contributed by atoms with van der Waals surface area (Å²) >= 11 is 0. The molecule has 0 radical (unpaired) electrons. The zero-order valence-corrected chi connectivity index (χ0v) is 17.2. The van der Waals surface area contributed by atoms with E-state index in [9.17, 15) is 13.2 Å². The SMILES string of the molecule is CS(=O)(=O)N1C[C@H]2CN(C(=O)CCN3CCOCC3)C[C@H]2[C@@H]1c1ccccc1. The second-order valence-electron chi connectivity index (χ2n) is 8.11. The third-order valence-corrected chi connectivity index (χ3v) is 7.52. The second kappa shape index (κ2) is 8.10. The molecule has 3 saturated heterocycles. The second-order valence-corrected chi connectivity index (χ2v) is 10.0. The molecule has 3 aliphatic rings. The predicted molar refractivity (Wildman–Crippen MR) is 106 cm³/mol. The van der Waals surface area contributed by atoms with Gasteiger partial charge in [-0.25, -0.2) is 8.42 Å². The standard InChI is InChI=1S/C20H29N3O4S/c1-28(25,26)23-14-17-13-22(19(24)7-8-21-9-11-27-12-10-21)15-18(17)20(23)16-5-3-2-4-6-16/h2-6,17-18,20H,7-15H2,1H3/t17-,18-,20+/m1/s1. The van der Waals surface area contributed by atoms with E-state index in [1.807, 2.05) is 35.2 Å². The Labute approximate surface area is 167 Å². The lowest BCUT2D eigenvalue weighted by atomic mass is 9.90. The summed E-state index contributed by atoms with van der Waals surface area (Å²) < 4.78 is 31.7. The van der Waals surface area contributed by atoms with Crippen molar-refractivity contribution in [3.63, 3.8) is 0 Å². The monoisotopic (exact) mass is 407 g/mol. The highest BCUT2D eigenvalue weighted by atomic mass is 32.2. The van der Waals surface area contributed by atoms with E-state index in [4.69, 9.17) is 4.74 Å². The molecule has 1 aromatic carbocycles. The fourth-order valence-corrected chi connectivity index (χ4v) is 6.00. The van der Waals surface area contributed by atoms with Crippen molar-refractivity contribution in [1.29, 1.82) is 0 Å². The Balaban J connectivity index is 1.43. The van der Waals surface area contributed by atoms with Crippen LogP contribution in [-0.2, 0) is 19.6 Å².